The molecule has 1 aromatic carbocycles. The van der Waals surface area contributed by atoms with Crippen molar-refractivity contribution in [3.63, 3.8) is 0 Å². The van der Waals surface area contributed by atoms with Gasteiger partial charge in [-0.05, 0) is 30.5 Å². The zero-order valence-corrected chi connectivity index (χ0v) is 10.7. The fourth-order valence-corrected chi connectivity index (χ4v) is 1.83. The summed E-state index contributed by atoms with van der Waals surface area (Å²) in [7, 11) is 0. The molecule has 2 N–H and O–H groups in total. The first-order valence-electron chi connectivity index (χ1n) is 5.98. The second-order valence-electron chi connectivity index (χ2n) is 4.33. The van der Waals surface area contributed by atoms with Crippen LogP contribution in [-0.2, 0) is 0 Å². The molecule has 0 saturated heterocycles. The molecule has 1 rings (SSSR count). The number of halogens is 3. The van der Waals surface area contributed by atoms with Crippen molar-refractivity contribution in [2.24, 2.45) is 0 Å². The number of aliphatic hydroxyl groups excluding tert-OH is 1. The highest BCUT2D eigenvalue weighted by atomic mass is 19.4. The molecule has 0 aliphatic rings. The van der Waals surface area contributed by atoms with Crippen LogP contribution in [0, 0.1) is 0 Å². The first kappa shape index (κ1) is 15.8. The highest BCUT2D eigenvalue weighted by Crippen LogP contribution is 2.33. The molecule has 0 bridgehead atoms. The molecule has 1 unspecified atom stereocenters. The summed E-state index contributed by atoms with van der Waals surface area (Å²) in [6.45, 7) is 3.39. The van der Waals surface area contributed by atoms with Crippen LogP contribution in [0.15, 0.2) is 24.3 Å². The zero-order chi connectivity index (χ0) is 14.7. The smallest absolute Gasteiger partial charge is 0.406 e. The molecule has 0 saturated carbocycles. The van der Waals surface area contributed by atoms with Crippen molar-refractivity contribution in [2.45, 2.75) is 44.8 Å². The van der Waals surface area contributed by atoms with Crippen LogP contribution >= 0.6 is 0 Å². The summed E-state index contributed by atoms with van der Waals surface area (Å²) in [6, 6.07) is 5.00. The Balaban J connectivity index is 2.99. The number of hydrogen-bond donors (Lipinski definition) is 2. The first-order valence-corrected chi connectivity index (χ1v) is 5.98. The maximum atomic E-state index is 12.1. The van der Waals surface area contributed by atoms with E-state index in [0.29, 0.717) is 0 Å². The average Bonchev–Trinajstić information content (AvgIpc) is 2.35. The Morgan fingerprint density at radius 3 is 2.26 bits per heavy atom. The van der Waals surface area contributed by atoms with Crippen molar-refractivity contribution < 1.29 is 28.1 Å². The summed E-state index contributed by atoms with van der Waals surface area (Å²) in [5.41, 5.74) is -1.18. The molecule has 1 aromatic rings. The number of rotatable bonds is 5. The Morgan fingerprint density at radius 1 is 1.21 bits per heavy atom. The van der Waals surface area contributed by atoms with Crippen molar-refractivity contribution in [2.75, 3.05) is 0 Å². The molecular formula is C13H17F3O3. The summed E-state index contributed by atoms with van der Waals surface area (Å²) in [6.07, 6.45) is -5.47. The number of alkyl halides is 3. The van der Waals surface area contributed by atoms with Crippen LogP contribution in [0.3, 0.4) is 0 Å². The van der Waals surface area contributed by atoms with Crippen LogP contribution in [0.2, 0.25) is 0 Å². The predicted octanol–water partition coefficient (Wildman–Crippen LogP) is 3.17. The molecule has 1 atom stereocenters. The molecule has 0 aliphatic carbocycles. The minimum absolute atomic E-state index is 0.188. The quantitative estimate of drug-likeness (QED) is 0.869. The summed E-state index contributed by atoms with van der Waals surface area (Å²) in [5.74, 6) is -0.418. The third-order valence-corrected chi connectivity index (χ3v) is 3.14. The van der Waals surface area contributed by atoms with Gasteiger partial charge in [-0.25, -0.2) is 0 Å². The molecule has 0 fully saturated rings. The molecule has 6 heteroatoms. The molecule has 19 heavy (non-hydrogen) atoms. The highest BCUT2D eigenvalue weighted by molar-refractivity contribution is 5.31. The van der Waals surface area contributed by atoms with Gasteiger partial charge in [0.05, 0.1) is 5.60 Å². The van der Waals surface area contributed by atoms with Crippen LogP contribution in [0.25, 0.3) is 0 Å². The van der Waals surface area contributed by atoms with E-state index in [0.717, 1.165) is 12.1 Å². The van der Waals surface area contributed by atoms with Crippen molar-refractivity contribution in [3.8, 4) is 5.75 Å². The Kier molecular flexibility index (Phi) is 4.81. The van der Waals surface area contributed by atoms with Crippen molar-refractivity contribution in [3.05, 3.63) is 29.8 Å². The maximum absolute atomic E-state index is 12.1. The molecule has 0 radical (unpaired) electrons. The van der Waals surface area contributed by atoms with E-state index >= 15 is 0 Å². The van der Waals surface area contributed by atoms with E-state index in [2.05, 4.69) is 4.74 Å². The minimum Gasteiger partial charge on any atom is -0.406 e. The molecule has 0 aromatic heterocycles. The van der Waals surface area contributed by atoms with Gasteiger partial charge in [-0.1, -0.05) is 26.0 Å². The third-order valence-electron chi connectivity index (χ3n) is 3.14. The van der Waals surface area contributed by atoms with Gasteiger partial charge in [0, 0.05) is 0 Å². The molecule has 0 amide bonds. The van der Waals surface area contributed by atoms with Gasteiger partial charge in [0.25, 0.3) is 0 Å². The van der Waals surface area contributed by atoms with Crippen LogP contribution in [-0.4, -0.2) is 22.2 Å². The van der Waals surface area contributed by atoms with Gasteiger partial charge in [0.15, 0.2) is 0 Å². The van der Waals surface area contributed by atoms with E-state index in [9.17, 15) is 23.4 Å². The van der Waals surface area contributed by atoms with Crippen molar-refractivity contribution in [1.82, 2.24) is 0 Å². The van der Waals surface area contributed by atoms with Gasteiger partial charge < -0.3 is 14.9 Å². The molecule has 0 heterocycles. The van der Waals surface area contributed by atoms with Gasteiger partial charge in [-0.3, -0.25) is 0 Å². The Bertz CT molecular complexity index is 414. The van der Waals surface area contributed by atoms with E-state index in [1.807, 2.05) is 0 Å². The average molecular weight is 278 g/mol. The molecule has 0 aliphatic heterocycles. The Hall–Kier alpha value is -1.27. The van der Waals surface area contributed by atoms with Gasteiger partial charge in [-0.15, -0.1) is 13.2 Å². The third kappa shape index (κ3) is 4.11. The normalized spacial score (nSPS) is 14.3. The molecule has 3 nitrogen and oxygen atoms in total. The van der Waals surface area contributed by atoms with Crippen molar-refractivity contribution >= 4 is 0 Å². The van der Waals surface area contributed by atoms with E-state index in [-0.39, 0.29) is 18.4 Å². The largest absolute Gasteiger partial charge is 0.573 e. The summed E-state index contributed by atoms with van der Waals surface area (Å²) >= 11 is 0. The lowest BCUT2D eigenvalue weighted by atomic mass is 9.86. The summed E-state index contributed by atoms with van der Waals surface area (Å²) in [5, 5.41) is 20.2. The number of ether oxygens (including phenoxy) is 1. The number of benzene rings is 1. The lowest BCUT2D eigenvalue weighted by Crippen LogP contribution is -2.34. The predicted molar refractivity (Wildman–Crippen MR) is 63.6 cm³/mol. The fourth-order valence-electron chi connectivity index (χ4n) is 1.83. The summed E-state index contributed by atoms with van der Waals surface area (Å²) in [4.78, 5) is 0. The van der Waals surface area contributed by atoms with Crippen molar-refractivity contribution in [1.29, 1.82) is 0 Å². The summed E-state index contributed by atoms with van der Waals surface area (Å²) < 4.78 is 40.1. The van der Waals surface area contributed by atoms with E-state index in [4.69, 9.17) is 0 Å². The van der Waals surface area contributed by atoms with E-state index in [1.54, 1.807) is 13.8 Å². The lowest BCUT2D eigenvalue weighted by Gasteiger charge is -2.31. The number of hydrogen-bond acceptors (Lipinski definition) is 3. The minimum atomic E-state index is -4.78. The topological polar surface area (TPSA) is 49.7 Å². The standard InChI is InChI=1S/C13H17F3O3/c1-3-12(18,4-2)11(17)9-6-5-7-10(8-9)19-13(14,15)16/h5-8,11,17-18H,3-4H2,1-2H3. The first-order chi connectivity index (χ1) is 8.72. The van der Waals surface area contributed by atoms with Crippen LogP contribution in [0.5, 0.6) is 5.75 Å². The van der Waals surface area contributed by atoms with Gasteiger partial charge in [0.1, 0.15) is 11.9 Å². The maximum Gasteiger partial charge on any atom is 0.573 e. The molecule has 0 spiro atoms. The van der Waals surface area contributed by atoms with Gasteiger partial charge in [0.2, 0.25) is 0 Å². The molecule has 108 valence electrons. The highest BCUT2D eigenvalue weighted by Gasteiger charge is 2.34. The zero-order valence-electron chi connectivity index (χ0n) is 10.7. The second kappa shape index (κ2) is 5.79. The van der Waals surface area contributed by atoms with E-state index < -0.39 is 23.8 Å². The lowest BCUT2D eigenvalue weighted by molar-refractivity contribution is -0.274. The SMILES string of the molecule is CCC(O)(CC)C(O)c1cccc(OC(F)(F)F)c1. The monoisotopic (exact) mass is 278 g/mol. The van der Waals surface area contributed by atoms with Gasteiger partial charge in [-0.2, -0.15) is 0 Å². The molecular weight excluding hydrogens is 261 g/mol. The van der Waals surface area contributed by atoms with Crippen LogP contribution in [0.1, 0.15) is 38.4 Å². The Labute approximate surface area is 109 Å². The second-order valence-corrected chi connectivity index (χ2v) is 4.33. The van der Waals surface area contributed by atoms with E-state index in [1.165, 1.54) is 12.1 Å². The van der Waals surface area contributed by atoms with Crippen LogP contribution < -0.4 is 4.74 Å². The van der Waals surface area contributed by atoms with Crippen LogP contribution in [0.4, 0.5) is 13.2 Å². The Morgan fingerprint density at radius 2 is 1.79 bits per heavy atom. The number of aliphatic hydroxyl groups is 2. The van der Waals surface area contributed by atoms with Gasteiger partial charge >= 0.3 is 6.36 Å². The fraction of sp³-hybridized carbons (Fsp3) is 0.538.